The molecule has 0 fully saturated rings. The van der Waals surface area contributed by atoms with Gasteiger partial charge < -0.3 is 14.5 Å². The second kappa shape index (κ2) is 7.99. The molecule has 6 heteroatoms. The number of aryl methyl sites for hydroxylation is 1. The zero-order valence-corrected chi connectivity index (χ0v) is 16.9. The summed E-state index contributed by atoms with van der Waals surface area (Å²) in [5, 5.41) is 5.24. The van der Waals surface area contributed by atoms with Crippen molar-refractivity contribution in [2.45, 2.75) is 26.2 Å². The van der Waals surface area contributed by atoms with Crippen LogP contribution in [0.1, 0.15) is 40.5 Å². The molecule has 1 aliphatic carbocycles. The molecule has 1 amide bonds. The van der Waals surface area contributed by atoms with Gasteiger partial charge in [-0.15, -0.1) is 0 Å². The van der Waals surface area contributed by atoms with E-state index in [2.05, 4.69) is 22.4 Å². The number of hydrogen-bond acceptors (Lipinski definition) is 4. The lowest BCUT2D eigenvalue weighted by atomic mass is 9.87. The SMILES string of the molecule is COc1ccc(OC)c(/C=N\NC(=O)c2ccc3[nH]c4c(c3c2)CC(C)CC4)c1. The van der Waals surface area contributed by atoms with Crippen LogP contribution >= 0.6 is 0 Å². The highest BCUT2D eigenvalue weighted by atomic mass is 16.5. The number of carbonyl (C=O) groups is 1. The highest BCUT2D eigenvalue weighted by molar-refractivity contribution is 5.99. The van der Waals surface area contributed by atoms with Gasteiger partial charge in [0.1, 0.15) is 11.5 Å². The molecule has 1 atom stereocenters. The molecule has 0 saturated heterocycles. The molecule has 0 radical (unpaired) electrons. The van der Waals surface area contributed by atoms with Crippen molar-refractivity contribution in [3.8, 4) is 11.5 Å². The number of aromatic amines is 1. The molecule has 0 aliphatic heterocycles. The monoisotopic (exact) mass is 391 g/mol. The van der Waals surface area contributed by atoms with Gasteiger partial charge in [-0.25, -0.2) is 5.43 Å². The number of hydrazone groups is 1. The summed E-state index contributed by atoms with van der Waals surface area (Å²) in [5.74, 6) is 1.76. The summed E-state index contributed by atoms with van der Waals surface area (Å²) >= 11 is 0. The van der Waals surface area contributed by atoms with Gasteiger partial charge in [-0.3, -0.25) is 4.79 Å². The predicted molar refractivity (Wildman–Crippen MR) is 114 cm³/mol. The van der Waals surface area contributed by atoms with Crippen LogP contribution in [0.4, 0.5) is 0 Å². The number of nitrogens with zero attached hydrogens (tertiary/aromatic N) is 1. The normalized spacial score (nSPS) is 16.0. The molecule has 1 heterocycles. The molecule has 0 spiro atoms. The van der Waals surface area contributed by atoms with Gasteiger partial charge in [0.15, 0.2) is 0 Å². The van der Waals surface area contributed by atoms with E-state index in [0.717, 1.165) is 29.3 Å². The van der Waals surface area contributed by atoms with Crippen LogP contribution in [0.2, 0.25) is 0 Å². The van der Waals surface area contributed by atoms with Crippen LogP contribution in [-0.2, 0) is 12.8 Å². The molecule has 150 valence electrons. The number of nitrogens with one attached hydrogen (secondary N) is 2. The Bertz CT molecular complexity index is 1080. The molecule has 2 aromatic carbocycles. The standard InChI is InChI=1S/C23H25N3O3/c1-14-4-7-20-18(10-14)19-12-15(5-8-21(19)25-20)23(27)26-24-13-16-11-17(28-2)6-9-22(16)29-3/h5-6,8-9,11-14,25H,4,7,10H2,1-3H3,(H,26,27)/b24-13-. The lowest BCUT2D eigenvalue weighted by molar-refractivity contribution is 0.0955. The summed E-state index contributed by atoms with van der Waals surface area (Å²) in [4.78, 5) is 16.1. The van der Waals surface area contributed by atoms with Gasteiger partial charge in [0, 0.05) is 27.7 Å². The van der Waals surface area contributed by atoms with Crippen LogP contribution in [0.25, 0.3) is 10.9 Å². The maximum Gasteiger partial charge on any atom is 0.271 e. The van der Waals surface area contributed by atoms with Gasteiger partial charge in [-0.1, -0.05) is 6.92 Å². The summed E-state index contributed by atoms with van der Waals surface area (Å²) in [6, 6.07) is 11.2. The van der Waals surface area contributed by atoms with Crippen molar-refractivity contribution in [2.24, 2.45) is 11.0 Å². The van der Waals surface area contributed by atoms with Crippen molar-refractivity contribution in [1.82, 2.24) is 10.4 Å². The Morgan fingerprint density at radius 1 is 1.21 bits per heavy atom. The average Bonchev–Trinajstić information content (AvgIpc) is 3.10. The molecule has 3 aromatic rings. The van der Waals surface area contributed by atoms with Crippen molar-refractivity contribution in [3.05, 3.63) is 58.8 Å². The van der Waals surface area contributed by atoms with Gasteiger partial charge in [-0.05, 0) is 67.1 Å². The molecule has 1 unspecified atom stereocenters. The molecular formula is C23H25N3O3. The first-order valence-electron chi connectivity index (χ1n) is 9.78. The van der Waals surface area contributed by atoms with E-state index in [1.807, 2.05) is 24.3 Å². The van der Waals surface area contributed by atoms with Crippen molar-refractivity contribution < 1.29 is 14.3 Å². The fourth-order valence-corrected chi connectivity index (χ4v) is 3.90. The van der Waals surface area contributed by atoms with E-state index in [1.54, 1.807) is 32.6 Å². The first-order valence-corrected chi connectivity index (χ1v) is 9.78. The number of benzene rings is 2. The van der Waals surface area contributed by atoms with Gasteiger partial charge in [-0.2, -0.15) is 5.10 Å². The molecular weight excluding hydrogens is 366 g/mol. The first-order chi connectivity index (χ1) is 14.1. The number of ether oxygens (including phenoxy) is 2. The van der Waals surface area contributed by atoms with Crippen LogP contribution in [0.3, 0.4) is 0 Å². The van der Waals surface area contributed by atoms with E-state index in [0.29, 0.717) is 23.0 Å². The molecule has 1 aliphatic rings. The highest BCUT2D eigenvalue weighted by Crippen LogP contribution is 2.32. The molecule has 4 rings (SSSR count). The van der Waals surface area contributed by atoms with E-state index in [9.17, 15) is 4.79 Å². The Hall–Kier alpha value is -3.28. The number of H-pyrrole nitrogens is 1. The van der Waals surface area contributed by atoms with Crippen LogP contribution < -0.4 is 14.9 Å². The summed E-state index contributed by atoms with van der Waals surface area (Å²) < 4.78 is 10.6. The third-order valence-corrected chi connectivity index (χ3v) is 5.50. The third kappa shape index (κ3) is 3.83. The second-order valence-electron chi connectivity index (χ2n) is 7.50. The minimum absolute atomic E-state index is 0.246. The maximum atomic E-state index is 12.6. The number of amides is 1. The Labute approximate surface area is 169 Å². The zero-order chi connectivity index (χ0) is 20.4. The second-order valence-corrected chi connectivity index (χ2v) is 7.50. The van der Waals surface area contributed by atoms with Gasteiger partial charge >= 0.3 is 0 Å². The van der Waals surface area contributed by atoms with Crippen LogP contribution in [0.15, 0.2) is 41.5 Å². The summed E-state index contributed by atoms with van der Waals surface area (Å²) in [7, 11) is 3.19. The number of rotatable bonds is 5. The molecule has 2 N–H and O–H groups in total. The number of carbonyl (C=O) groups excluding carboxylic acids is 1. The highest BCUT2D eigenvalue weighted by Gasteiger charge is 2.20. The zero-order valence-electron chi connectivity index (χ0n) is 16.9. The molecule has 1 aromatic heterocycles. The average molecular weight is 391 g/mol. The maximum absolute atomic E-state index is 12.6. The topological polar surface area (TPSA) is 75.7 Å². The Balaban J connectivity index is 1.54. The van der Waals surface area contributed by atoms with Crippen molar-refractivity contribution in [3.63, 3.8) is 0 Å². The van der Waals surface area contributed by atoms with E-state index < -0.39 is 0 Å². The van der Waals surface area contributed by atoms with E-state index in [1.165, 1.54) is 17.7 Å². The fraction of sp³-hybridized carbons (Fsp3) is 0.304. The number of fused-ring (bicyclic) bond motifs is 3. The third-order valence-electron chi connectivity index (χ3n) is 5.50. The molecule has 6 nitrogen and oxygen atoms in total. The van der Waals surface area contributed by atoms with E-state index >= 15 is 0 Å². The van der Waals surface area contributed by atoms with Crippen LogP contribution in [0, 0.1) is 5.92 Å². The van der Waals surface area contributed by atoms with Crippen molar-refractivity contribution >= 4 is 23.0 Å². The minimum Gasteiger partial charge on any atom is -0.497 e. The van der Waals surface area contributed by atoms with E-state index in [4.69, 9.17) is 9.47 Å². The summed E-state index contributed by atoms with van der Waals surface area (Å²) in [6.45, 7) is 2.28. The van der Waals surface area contributed by atoms with Crippen LogP contribution in [-0.4, -0.2) is 31.3 Å². The molecule has 29 heavy (non-hydrogen) atoms. The largest absolute Gasteiger partial charge is 0.497 e. The number of hydrogen-bond donors (Lipinski definition) is 2. The number of aromatic nitrogens is 1. The lowest BCUT2D eigenvalue weighted by Crippen LogP contribution is -2.17. The molecule has 0 bridgehead atoms. The predicted octanol–water partition coefficient (Wildman–Crippen LogP) is 4.07. The Morgan fingerprint density at radius 3 is 2.86 bits per heavy atom. The van der Waals surface area contributed by atoms with Crippen LogP contribution in [0.5, 0.6) is 11.5 Å². The van der Waals surface area contributed by atoms with Gasteiger partial charge in [0.25, 0.3) is 5.91 Å². The Kier molecular flexibility index (Phi) is 5.25. The fourth-order valence-electron chi connectivity index (χ4n) is 3.90. The summed E-state index contributed by atoms with van der Waals surface area (Å²) in [5.41, 5.74) is 7.65. The quantitative estimate of drug-likeness (QED) is 0.508. The number of methoxy groups -OCH3 is 2. The lowest BCUT2D eigenvalue weighted by Gasteiger charge is -2.18. The Morgan fingerprint density at radius 2 is 2.07 bits per heavy atom. The smallest absolute Gasteiger partial charge is 0.271 e. The van der Waals surface area contributed by atoms with Crippen molar-refractivity contribution in [1.29, 1.82) is 0 Å². The first kappa shape index (κ1) is 19.1. The summed E-state index contributed by atoms with van der Waals surface area (Å²) in [6.07, 6.45) is 4.88. The van der Waals surface area contributed by atoms with E-state index in [-0.39, 0.29) is 5.91 Å². The van der Waals surface area contributed by atoms with Crippen molar-refractivity contribution in [2.75, 3.05) is 14.2 Å². The molecule has 0 saturated carbocycles. The van der Waals surface area contributed by atoms with Gasteiger partial charge in [0.2, 0.25) is 0 Å². The minimum atomic E-state index is -0.246. The van der Waals surface area contributed by atoms with Gasteiger partial charge in [0.05, 0.1) is 20.4 Å².